The predicted molar refractivity (Wildman–Crippen MR) is 32.0 cm³/mol. The third-order valence-corrected chi connectivity index (χ3v) is 0. The van der Waals surface area contributed by atoms with Crippen LogP contribution in [0.15, 0.2) is 0 Å². The second kappa shape index (κ2) is 84.1. The summed E-state index contributed by atoms with van der Waals surface area (Å²) in [5, 5.41) is 14.8. The van der Waals surface area contributed by atoms with Gasteiger partial charge in [-0.1, -0.05) is 0 Å². The van der Waals surface area contributed by atoms with E-state index in [4.69, 9.17) is 15.3 Å². The Balaban J connectivity index is -0.00000000214. The van der Waals surface area contributed by atoms with Gasteiger partial charge in [0.05, 0.1) is 5.09 Å². The fourth-order valence-electron chi connectivity index (χ4n) is 0. The van der Waals surface area contributed by atoms with Gasteiger partial charge in [0.1, 0.15) is 0 Å². The van der Waals surface area contributed by atoms with Gasteiger partial charge >= 0.3 is 37.3 Å². The molecule has 0 aliphatic carbocycles. The second-order valence-corrected chi connectivity index (χ2v) is 0.224. The van der Waals surface area contributed by atoms with Crippen LogP contribution in [0.5, 0.6) is 0 Å². The van der Waals surface area contributed by atoms with Crippen molar-refractivity contribution in [1.29, 1.82) is 0 Å². The van der Waals surface area contributed by atoms with Crippen molar-refractivity contribution in [1.82, 2.24) is 0 Å². The van der Waals surface area contributed by atoms with Gasteiger partial charge in [0.2, 0.25) is 0 Å². The Kier molecular flexibility index (Phi) is 868. The van der Waals surface area contributed by atoms with Crippen LogP contribution in [0.25, 0.3) is 0 Å². The van der Waals surface area contributed by atoms with Crippen LogP contribution in [-0.2, 0) is 0 Å². The van der Waals surface area contributed by atoms with Crippen LogP contribution < -0.4 is 0 Å². The molecule has 0 fully saturated rings. The first kappa shape index (κ1) is 114. The van der Waals surface area contributed by atoms with Crippen molar-refractivity contribution in [2.75, 3.05) is 0 Å². The molecule has 0 rings (SSSR count). The molecule has 0 aliphatic heterocycles. The van der Waals surface area contributed by atoms with E-state index in [9.17, 15) is 0 Å². The first-order valence-corrected chi connectivity index (χ1v) is 0.548. The summed E-state index contributed by atoms with van der Waals surface area (Å²) in [6.07, 6.45) is 0. The zero-order chi connectivity index (χ0) is 3.58. The molecule has 0 aromatic heterocycles. The maximum absolute atomic E-state index is 8.25. The van der Waals surface area contributed by atoms with E-state index in [0.717, 1.165) is 0 Å². The van der Waals surface area contributed by atoms with Gasteiger partial charge in [0.25, 0.3) is 0 Å². The van der Waals surface area contributed by atoms with Crippen LogP contribution in [0.1, 0.15) is 0 Å². The SMILES string of the molecule is O.O.O.O.O.O.O=[N+]([O-])[O-].[Er+3]. The van der Waals surface area contributed by atoms with Crippen molar-refractivity contribution in [2.45, 2.75) is 0 Å². The summed E-state index contributed by atoms with van der Waals surface area (Å²) in [6.45, 7) is 0. The Morgan fingerprint density at radius 3 is 0.727 bits per heavy atom. The molecule has 0 heterocycles. The fourth-order valence-corrected chi connectivity index (χ4v) is 0. The number of hydrogen-bond acceptors (Lipinski definition) is 3. The van der Waals surface area contributed by atoms with Gasteiger partial charge in [-0.25, -0.2) is 0 Å². The summed E-state index contributed by atoms with van der Waals surface area (Å²) < 4.78 is 0. The minimum atomic E-state index is -1.75. The third kappa shape index (κ3) is 16100. The summed E-state index contributed by atoms with van der Waals surface area (Å²) in [7, 11) is 0. The number of rotatable bonds is 0. The van der Waals surface area contributed by atoms with E-state index >= 15 is 0 Å². The quantitative estimate of drug-likeness (QED) is 0.310. The molecular weight excluding hydrogens is 325 g/mol. The number of nitrogens with zero attached hydrogens (tertiary/aromatic N) is 1. The molecule has 0 bridgehead atoms. The molecule has 0 spiro atoms. The first-order chi connectivity index (χ1) is 1.73. The molecule has 0 saturated heterocycles. The normalized spacial score (nSPS) is 2.18. The largest absolute Gasteiger partial charge is 3.00 e. The molecule has 0 aromatic carbocycles. The van der Waals surface area contributed by atoms with Crippen molar-refractivity contribution in [2.24, 2.45) is 0 Å². The maximum Gasteiger partial charge on any atom is 3.00 e. The van der Waals surface area contributed by atoms with Crippen molar-refractivity contribution in [3.8, 4) is 0 Å². The van der Waals surface area contributed by atoms with Gasteiger partial charge in [0.15, 0.2) is 0 Å². The van der Waals surface area contributed by atoms with E-state index in [-0.39, 0.29) is 70.2 Å². The summed E-state index contributed by atoms with van der Waals surface area (Å²) in [4.78, 5) is 8.25. The standard InChI is InChI=1S/Er.NO3.6H2O/c;2-1(3)4;;;;;;/h;;6*1H2/q+3;-1;;;;;;. The zero-order valence-electron chi connectivity index (χ0n) is 4.96. The topological polar surface area (TPSA) is 255 Å². The van der Waals surface area contributed by atoms with Crippen LogP contribution in [0.3, 0.4) is 0 Å². The summed E-state index contributed by atoms with van der Waals surface area (Å²) in [5.41, 5.74) is 0. The summed E-state index contributed by atoms with van der Waals surface area (Å²) in [5.74, 6) is 0. The molecule has 0 amide bonds. The van der Waals surface area contributed by atoms with E-state index in [2.05, 4.69) is 0 Å². The van der Waals surface area contributed by atoms with Crippen LogP contribution >= 0.6 is 0 Å². The van der Waals surface area contributed by atoms with Crippen molar-refractivity contribution in [3.05, 3.63) is 15.3 Å². The molecule has 11 heteroatoms. The summed E-state index contributed by atoms with van der Waals surface area (Å²) in [6, 6.07) is 0. The molecular formula is H12ErNO9+2. The van der Waals surface area contributed by atoms with Gasteiger partial charge in [-0.05, 0) is 0 Å². The number of hydrogen-bond donors (Lipinski definition) is 0. The fraction of sp³-hybridized carbons (Fsp3) is 0. The van der Waals surface area contributed by atoms with Gasteiger partial charge in [-0.15, -0.1) is 0 Å². The minimum Gasteiger partial charge on any atom is -0.412 e. The molecule has 0 saturated carbocycles. The van der Waals surface area contributed by atoms with E-state index in [1.807, 2.05) is 0 Å². The van der Waals surface area contributed by atoms with Gasteiger partial charge in [-0.2, -0.15) is 0 Å². The van der Waals surface area contributed by atoms with E-state index < -0.39 is 5.09 Å². The maximum atomic E-state index is 8.25. The van der Waals surface area contributed by atoms with Crippen molar-refractivity contribution >= 4 is 0 Å². The van der Waals surface area contributed by atoms with Crippen LogP contribution in [0, 0.1) is 52.6 Å². The van der Waals surface area contributed by atoms with E-state index in [1.165, 1.54) is 0 Å². The minimum absolute atomic E-state index is 0. The molecule has 81 valence electrons. The summed E-state index contributed by atoms with van der Waals surface area (Å²) >= 11 is 0. The molecule has 1 radical (unpaired) electrons. The molecule has 0 atom stereocenters. The van der Waals surface area contributed by atoms with Crippen LogP contribution in [0.4, 0.5) is 0 Å². The average molecular weight is 337 g/mol. The Bertz CT molecular complexity index is 32.5. The predicted octanol–water partition coefficient (Wildman–Crippen LogP) is -5.19. The van der Waals surface area contributed by atoms with Gasteiger partial charge < -0.3 is 48.2 Å². The van der Waals surface area contributed by atoms with Gasteiger partial charge in [-0.3, -0.25) is 0 Å². The Morgan fingerprint density at radius 1 is 0.727 bits per heavy atom. The molecule has 0 unspecified atom stereocenters. The Morgan fingerprint density at radius 2 is 0.727 bits per heavy atom. The first-order valence-electron chi connectivity index (χ1n) is 0.548. The van der Waals surface area contributed by atoms with Crippen LogP contribution in [0.2, 0.25) is 0 Å². The van der Waals surface area contributed by atoms with Gasteiger partial charge in [0, 0.05) is 0 Å². The molecule has 0 aromatic rings. The molecule has 0 aliphatic rings. The Labute approximate surface area is 90.4 Å². The second-order valence-electron chi connectivity index (χ2n) is 0.224. The molecule has 11 heavy (non-hydrogen) atoms. The third-order valence-electron chi connectivity index (χ3n) is 0. The van der Waals surface area contributed by atoms with Crippen molar-refractivity contribution < 1.29 is 75.2 Å². The smallest absolute Gasteiger partial charge is 0.412 e. The van der Waals surface area contributed by atoms with E-state index in [0.29, 0.717) is 0 Å². The molecule has 12 N–H and O–H groups in total. The monoisotopic (exact) mass is 336 g/mol. The van der Waals surface area contributed by atoms with E-state index in [1.54, 1.807) is 0 Å². The van der Waals surface area contributed by atoms with Crippen molar-refractivity contribution in [3.63, 3.8) is 0 Å². The van der Waals surface area contributed by atoms with Crippen LogP contribution in [-0.4, -0.2) is 37.9 Å². The Hall–Kier alpha value is 0.207. The molecule has 10 nitrogen and oxygen atoms in total. The average Bonchev–Trinajstić information content (AvgIpc) is 0.811. The zero-order valence-corrected chi connectivity index (χ0v) is 6.81.